The predicted molar refractivity (Wildman–Crippen MR) is 97.4 cm³/mol. The summed E-state index contributed by atoms with van der Waals surface area (Å²) in [6, 6.07) is 24.3. The molecule has 1 heteroatoms. The first-order valence-electron chi connectivity index (χ1n) is 8.42. The van der Waals surface area contributed by atoms with Gasteiger partial charge in [0.05, 0.1) is 11.0 Å². The summed E-state index contributed by atoms with van der Waals surface area (Å²) < 4.78 is 2.46. The number of nitrogens with zero attached hydrogens (tertiary/aromatic N) is 1. The van der Waals surface area contributed by atoms with Crippen LogP contribution in [0.3, 0.4) is 0 Å². The van der Waals surface area contributed by atoms with Gasteiger partial charge in [0.1, 0.15) is 0 Å². The van der Waals surface area contributed by atoms with Crippen molar-refractivity contribution in [3.8, 4) is 5.69 Å². The molecule has 112 valence electrons. The molecule has 1 aliphatic rings. The van der Waals surface area contributed by atoms with Gasteiger partial charge in [0.2, 0.25) is 0 Å². The first-order valence-corrected chi connectivity index (χ1v) is 8.42. The lowest BCUT2D eigenvalue weighted by molar-refractivity contribution is 0.627. The van der Waals surface area contributed by atoms with Gasteiger partial charge in [-0.1, -0.05) is 55.5 Å². The van der Waals surface area contributed by atoms with Crippen molar-refractivity contribution in [2.75, 3.05) is 0 Å². The summed E-state index contributed by atoms with van der Waals surface area (Å²) in [6.45, 7) is 2.36. The lowest BCUT2D eigenvalue weighted by atomic mass is 10.1. The number of hydrogen-bond acceptors (Lipinski definition) is 0. The van der Waals surface area contributed by atoms with E-state index in [1.807, 2.05) is 0 Å². The topological polar surface area (TPSA) is 4.93 Å². The molecule has 3 aromatic carbocycles. The van der Waals surface area contributed by atoms with Crippen molar-refractivity contribution in [1.82, 2.24) is 4.57 Å². The van der Waals surface area contributed by atoms with E-state index in [-0.39, 0.29) is 0 Å². The minimum atomic E-state index is 0.749. The number of hydrogen-bond donors (Lipinski definition) is 0. The first-order chi connectivity index (χ1) is 11.3. The van der Waals surface area contributed by atoms with Crippen LogP contribution in [0.15, 0.2) is 66.7 Å². The summed E-state index contributed by atoms with van der Waals surface area (Å²) in [7, 11) is 0. The van der Waals surface area contributed by atoms with Crippen molar-refractivity contribution in [3.63, 3.8) is 0 Å². The van der Waals surface area contributed by atoms with Crippen LogP contribution in [0.25, 0.3) is 27.5 Å². The molecule has 0 N–H and O–H groups in total. The molecule has 1 aliphatic carbocycles. The van der Waals surface area contributed by atoms with Gasteiger partial charge in [-0.3, -0.25) is 0 Å². The number of fused-ring (bicyclic) bond motifs is 4. The van der Waals surface area contributed by atoms with E-state index in [4.69, 9.17) is 0 Å². The Morgan fingerprint density at radius 1 is 0.739 bits per heavy atom. The second-order valence-electron chi connectivity index (χ2n) is 6.80. The average Bonchev–Trinajstić information content (AvgIpc) is 3.12. The summed E-state index contributed by atoms with van der Waals surface area (Å²) in [6.07, 6.45) is 2.40. The van der Waals surface area contributed by atoms with Crippen molar-refractivity contribution in [1.29, 1.82) is 0 Å². The van der Waals surface area contributed by atoms with Crippen LogP contribution in [0.5, 0.6) is 0 Å². The van der Waals surface area contributed by atoms with Gasteiger partial charge in [0, 0.05) is 16.5 Å². The van der Waals surface area contributed by atoms with Gasteiger partial charge in [-0.05, 0) is 48.1 Å². The normalized spacial score (nSPS) is 17.0. The molecule has 1 atom stereocenters. The summed E-state index contributed by atoms with van der Waals surface area (Å²) in [5.74, 6) is 0.749. The fourth-order valence-corrected chi connectivity index (χ4v) is 4.24. The van der Waals surface area contributed by atoms with Gasteiger partial charge in [-0.25, -0.2) is 0 Å². The molecule has 1 nitrogen and oxygen atoms in total. The maximum Gasteiger partial charge on any atom is 0.0541 e. The van der Waals surface area contributed by atoms with Gasteiger partial charge >= 0.3 is 0 Å². The number of para-hydroxylation sites is 2. The Morgan fingerprint density at radius 3 is 2.09 bits per heavy atom. The summed E-state index contributed by atoms with van der Waals surface area (Å²) in [5, 5.41) is 2.68. The fourth-order valence-electron chi connectivity index (χ4n) is 4.24. The van der Waals surface area contributed by atoms with Crippen molar-refractivity contribution < 1.29 is 0 Å². The minimum Gasteiger partial charge on any atom is -0.309 e. The highest BCUT2D eigenvalue weighted by molar-refractivity contribution is 6.09. The molecule has 4 aromatic rings. The molecule has 0 saturated heterocycles. The third-order valence-electron chi connectivity index (χ3n) is 5.19. The van der Waals surface area contributed by atoms with E-state index in [0.29, 0.717) is 0 Å². The smallest absolute Gasteiger partial charge is 0.0541 e. The van der Waals surface area contributed by atoms with Crippen LogP contribution in [-0.4, -0.2) is 4.57 Å². The zero-order chi connectivity index (χ0) is 15.4. The van der Waals surface area contributed by atoms with E-state index in [2.05, 4.69) is 78.2 Å². The first kappa shape index (κ1) is 13.0. The van der Waals surface area contributed by atoms with Gasteiger partial charge in [0.25, 0.3) is 0 Å². The standard InChI is InChI=1S/C22H19N/c1-15-13-16-7-6-12-22(19(16)14-15)23-20-10-4-2-8-17(20)18-9-3-5-11-21(18)23/h2-12,15H,13-14H2,1H3. The Kier molecular flexibility index (Phi) is 2.66. The van der Waals surface area contributed by atoms with Crippen LogP contribution in [0, 0.1) is 5.92 Å². The molecule has 1 aromatic heterocycles. The Bertz CT molecular complexity index is 985. The van der Waals surface area contributed by atoms with Crippen LogP contribution in [-0.2, 0) is 12.8 Å². The number of aromatic nitrogens is 1. The second-order valence-corrected chi connectivity index (χ2v) is 6.80. The molecule has 1 unspecified atom stereocenters. The summed E-state index contributed by atoms with van der Waals surface area (Å²) >= 11 is 0. The third kappa shape index (κ3) is 1.80. The maximum absolute atomic E-state index is 2.46. The largest absolute Gasteiger partial charge is 0.309 e. The van der Waals surface area contributed by atoms with Crippen LogP contribution < -0.4 is 0 Å². The molecule has 23 heavy (non-hydrogen) atoms. The van der Waals surface area contributed by atoms with Gasteiger partial charge < -0.3 is 4.57 Å². The van der Waals surface area contributed by atoms with Crippen molar-refractivity contribution in [2.24, 2.45) is 5.92 Å². The lowest BCUT2D eigenvalue weighted by Gasteiger charge is -2.13. The van der Waals surface area contributed by atoms with E-state index in [9.17, 15) is 0 Å². The molecule has 0 fully saturated rings. The summed E-state index contributed by atoms with van der Waals surface area (Å²) in [5.41, 5.74) is 7.04. The zero-order valence-electron chi connectivity index (χ0n) is 13.3. The third-order valence-corrected chi connectivity index (χ3v) is 5.19. The quantitative estimate of drug-likeness (QED) is 0.436. The van der Waals surface area contributed by atoms with Crippen LogP contribution in [0.1, 0.15) is 18.1 Å². The van der Waals surface area contributed by atoms with Crippen LogP contribution >= 0.6 is 0 Å². The summed E-state index contributed by atoms with van der Waals surface area (Å²) in [4.78, 5) is 0. The molecule has 1 heterocycles. The Labute approximate surface area is 136 Å². The average molecular weight is 297 g/mol. The van der Waals surface area contributed by atoms with Gasteiger partial charge in [0.15, 0.2) is 0 Å². The maximum atomic E-state index is 2.46. The van der Waals surface area contributed by atoms with E-state index >= 15 is 0 Å². The molecule has 0 spiro atoms. The fraction of sp³-hybridized carbons (Fsp3) is 0.182. The number of benzene rings is 3. The minimum absolute atomic E-state index is 0.749. The zero-order valence-corrected chi connectivity index (χ0v) is 13.3. The van der Waals surface area contributed by atoms with E-state index < -0.39 is 0 Å². The lowest BCUT2D eigenvalue weighted by Crippen LogP contribution is -1.99. The van der Waals surface area contributed by atoms with Gasteiger partial charge in [-0.15, -0.1) is 0 Å². The molecule has 0 saturated carbocycles. The SMILES string of the molecule is CC1Cc2cccc(-n3c4ccccc4c4ccccc43)c2C1. The molecule has 0 amide bonds. The Morgan fingerprint density at radius 2 is 1.39 bits per heavy atom. The highest BCUT2D eigenvalue weighted by Crippen LogP contribution is 2.37. The molecule has 0 radical (unpaired) electrons. The number of rotatable bonds is 1. The van der Waals surface area contributed by atoms with Crippen LogP contribution in [0.2, 0.25) is 0 Å². The molecule has 0 aliphatic heterocycles. The van der Waals surface area contributed by atoms with E-state index in [1.165, 1.54) is 51.5 Å². The van der Waals surface area contributed by atoms with E-state index in [1.54, 1.807) is 0 Å². The van der Waals surface area contributed by atoms with Crippen molar-refractivity contribution in [2.45, 2.75) is 19.8 Å². The van der Waals surface area contributed by atoms with E-state index in [0.717, 1.165) is 5.92 Å². The van der Waals surface area contributed by atoms with Crippen molar-refractivity contribution >= 4 is 21.8 Å². The highest BCUT2D eigenvalue weighted by Gasteiger charge is 2.22. The highest BCUT2D eigenvalue weighted by atomic mass is 15.0. The Hall–Kier alpha value is -2.54. The molecular weight excluding hydrogens is 278 g/mol. The Balaban J connectivity index is 1.93. The van der Waals surface area contributed by atoms with Crippen LogP contribution in [0.4, 0.5) is 0 Å². The molecule has 0 bridgehead atoms. The monoisotopic (exact) mass is 297 g/mol. The van der Waals surface area contributed by atoms with Crippen molar-refractivity contribution in [3.05, 3.63) is 77.9 Å². The molecule has 5 rings (SSSR count). The molecular formula is C22H19N. The second kappa shape index (κ2) is 4.73. The predicted octanol–water partition coefficient (Wildman–Crippen LogP) is 5.52. The van der Waals surface area contributed by atoms with Gasteiger partial charge in [-0.2, -0.15) is 0 Å².